The van der Waals surface area contributed by atoms with Gasteiger partial charge in [0.05, 0.1) is 6.61 Å². The van der Waals surface area contributed by atoms with Gasteiger partial charge in [-0.3, -0.25) is 0 Å². The summed E-state index contributed by atoms with van der Waals surface area (Å²) in [4.78, 5) is 10.9. The molecule has 0 heterocycles. The summed E-state index contributed by atoms with van der Waals surface area (Å²) in [6, 6.07) is 0. The second-order valence-electron chi connectivity index (χ2n) is 2.75. The SMILES string of the molecule is CNN(C)C(=O)OCC(C)C. The highest BCUT2D eigenvalue weighted by molar-refractivity contribution is 5.66. The van der Waals surface area contributed by atoms with Crippen LogP contribution in [0, 0.1) is 5.92 Å². The van der Waals surface area contributed by atoms with Gasteiger partial charge in [0.1, 0.15) is 0 Å². The molecule has 0 aromatic heterocycles. The maximum absolute atomic E-state index is 10.9. The lowest BCUT2D eigenvalue weighted by Crippen LogP contribution is -2.37. The van der Waals surface area contributed by atoms with Crippen molar-refractivity contribution in [1.82, 2.24) is 10.4 Å². The van der Waals surface area contributed by atoms with E-state index in [1.165, 1.54) is 5.01 Å². The first-order chi connectivity index (χ1) is 5.07. The van der Waals surface area contributed by atoms with Crippen molar-refractivity contribution in [2.45, 2.75) is 13.8 Å². The normalized spacial score (nSPS) is 9.91. The predicted molar refractivity (Wildman–Crippen MR) is 43.0 cm³/mol. The maximum Gasteiger partial charge on any atom is 0.423 e. The first-order valence-electron chi connectivity index (χ1n) is 3.65. The van der Waals surface area contributed by atoms with Crippen LogP contribution in [0.3, 0.4) is 0 Å². The summed E-state index contributed by atoms with van der Waals surface area (Å²) in [5.41, 5.74) is 2.65. The zero-order valence-corrected chi connectivity index (χ0v) is 7.55. The van der Waals surface area contributed by atoms with Crippen molar-refractivity contribution in [3.63, 3.8) is 0 Å². The van der Waals surface area contributed by atoms with Gasteiger partial charge in [0.25, 0.3) is 0 Å². The maximum atomic E-state index is 10.9. The average Bonchev–Trinajstić information content (AvgIpc) is 1.98. The average molecular weight is 160 g/mol. The van der Waals surface area contributed by atoms with Crippen molar-refractivity contribution in [3.8, 4) is 0 Å². The van der Waals surface area contributed by atoms with Crippen LogP contribution in [0.15, 0.2) is 0 Å². The van der Waals surface area contributed by atoms with E-state index in [1.807, 2.05) is 13.8 Å². The van der Waals surface area contributed by atoms with Crippen molar-refractivity contribution >= 4 is 6.09 Å². The van der Waals surface area contributed by atoms with Crippen molar-refractivity contribution in [2.24, 2.45) is 5.92 Å². The third-order valence-electron chi connectivity index (χ3n) is 1.15. The number of ether oxygens (including phenoxy) is 1. The number of hydrogen-bond donors (Lipinski definition) is 1. The van der Waals surface area contributed by atoms with E-state index in [0.717, 1.165) is 0 Å². The number of carbonyl (C=O) groups is 1. The minimum Gasteiger partial charge on any atom is -0.448 e. The van der Waals surface area contributed by atoms with Gasteiger partial charge in [-0.2, -0.15) is 0 Å². The molecule has 0 radical (unpaired) electrons. The quantitative estimate of drug-likeness (QED) is 0.622. The highest BCUT2D eigenvalue weighted by atomic mass is 16.6. The molecule has 0 aromatic carbocycles. The molecule has 0 aromatic rings. The summed E-state index contributed by atoms with van der Waals surface area (Å²) in [5, 5.41) is 1.29. The molecule has 0 unspecified atom stereocenters. The van der Waals surface area contributed by atoms with E-state index in [-0.39, 0.29) is 6.09 Å². The molecule has 1 N–H and O–H groups in total. The molecule has 0 spiro atoms. The smallest absolute Gasteiger partial charge is 0.423 e. The number of hydrogen-bond acceptors (Lipinski definition) is 3. The van der Waals surface area contributed by atoms with Gasteiger partial charge in [0.15, 0.2) is 0 Å². The second-order valence-corrected chi connectivity index (χ2v) is 2.75. The van der Waals surface area contributed by atoms with Crippen molar-refractivity contribution in [1.29, 1.82) is 0 Å². The first-order valence-corrected chi connectivity index (χ1v) is 3.65. The number of nitrogens with zero attached hydrogens (tertiary/aromatic N) is 1. The zero-order chi connectivity index (χ0) is 8.85. The lowest BCUT2D eigenvalue weighted by atomic mass is 10.2. The fourth-order valence-electron chi connectivity index (χ4n) is 0.426. The fraction of sp³-hybridized carbons (Fsp3) is 0.857. The Labute approximate surface area is 67.5 Å². The van der Waals surface area contributed by atoms with Gasteiger partial charge < -0.3 is 4.74 Å². The number of carbonyl (C=O) groups excluding carboxylic acids is 1. The molecule has 66 valence electrons. The van der Waals surface area contributed by atoms with E-state index >= 15 is 0 Å². The Balaban J connectivity index is 3.52. The molecule has 0 saturated carbocycles. The van der Waals surface area contributed by atoms with Crippen LogP contribution in [0.25, 0.3) is 0 Å². The van der Waals surface area contributed by atoms with E-state index in [4.69, 9.17) is 4.74 Å². The molecule has 0 aliphatic heterocycles. The second kappa shape index (κ2) is 4.96. The van der Waals surface area contributed by atoms with Gasteiger partial charge in [-0.05, 0) is 5.92 Å². The molecular weight excluding hydrogens is 144 g/mol. The van der Waals surface area contributed by atoms with Crippen LogP contribution in [-0.2, 0) is 4.74 Å². The standard InChI is InChI=1S/C7H16N2O2/c1-6(2)5-11-7(10)9(4)8-3/h6,8H,5H2,1-4H3. The van der Waals surface area contributed by atoms with E-state index in [0.29, 0.717) is 12.5 Å². The molecular formula is C7H16N2O2. The molecule has 0 aliphatic rings. The van der Waals surface area contributed by atoms with Crippen LogP contribution in [0.5, 0.6) is 0 Å². The molecule has 4 heteroatoms. The first kappa shape index (κ1) is 10.2. The molecule has 0 rings (SSSR count). The summed E-state index contributed by atoms with van der Waals surface area (Å²) in [7, 11) is 3.28. The Morgan fingerprint density at radius 2 is 2.18 bits per heavy atom. The van der Waals surface area contributed by atoms with Crippen LogP contribution in [0.1, 0.15) is 13.8 Å². The van der Waals surface area contributed by atoms with Gasteiger partial charge in [-0.1, -0.05) is 13.8 Å². The monoisotopic (exact) mass is 160 g/mol. The Kier molecular flexibility index (Phi) is 4.61. The van der Waals surface area contributed by atoms with E-state index in [1.54, 1.807) is 14.1 Å². The van der Waals surface area contributed by atoms with Crippen LogP contribution in [0.4, 0.5) is 4.79 Å². The molecule has 0 aliphatic carbocycles. The highest BCUT2D eigenvalue weighted by Gasteiger charge is 2.07. The lowest BCUT2D eigenvalue weighted by Gasteiger charge is -2.15. The number of nitrogens with one attached hydrogen (secondary N) is 1. The summed E-state index contributed by atoms with van der Waals surface area (Å²) in [5.74, 6) is 0.379. The van der Waals surface area contributed by atoms with Gasteiger partial charge >= 0.3 is 6.09 Å². The van der Waals surface area contributed by atoms with Crippen LogP contribution >= 0.6 is 0 Å². The van der Waals surface area contributed by atoms with E-state index < -0.39 is 0 Å². The number of rotatable bonds is 3. The van der Waals surface area contributed by atoms with E-state index in [2.05, 4.69) is 5.43 Å². The minimum absolute atomic E-state index is 0.346. The van der Waals surface area contributed by atoms with Gasteiger partial charge in [-0.25, -0.2) is 15.2 Å². The summed E-state index contributed by atoms with van der Waals surface area (Å²) in [6.07, 6.45) is -0.346. The molecule has 11 heavy (non-hydrogen) atoms. The molecule has 0 saturated heterocycles. The summed E-state index contributed by atoms with van der Waals surface area (Å²) < 4.78 is 4.88. The van der Waals surface area contributed by atoms with Crippen molar-refractivity contribution in [2.75, 3.05) is 20.7 Å². The van der Waals surface area contributed by atoms with Crippen molar-refractivity contribution < 1.29 is 9.53 Å². The van der Waals surface area contributed by atoms with Gasteiger partial charge in [0, 0.05) is 14.1 Å². The largest absolute Gasteiger partial charge is 0.448 e. The Morgan fingerprint density at radius 1 is 1.64 bits per heavy atom. The summed E-state index contributed by atoms with van der Waals surface area (Å²) >= 11 is 0. The highest BCUT2D eigenvalue weighted by Crippen LogP contribution is 1.94. The molecule has 0 atom stereocenters. The summed E-state index contributed by atoms with van der Waals surface area (Å²) in [6.45, 7) is 4.45. The Morgan fingerprint density at radius 3 is 2.55 bits per heavy atom. The molecule has 0 bridgehead atoms. The van der Waals surface area contributed by atoms with Gasteiger partial charge in [0.2, 0.25) is 0 Å². The topological polar surface area (TPSA) is 41.6 Å². The number of amides is 1. The molecule has 0 fully saturated rings. The minimum atomic E-state index is -0.346. The molecule has 4 nitrogen and oxygen atoms in total. The molecule has 1 amide bonds. The van der Waals surface area contributed by atoms with E-state index in [9.17, 15) is 4.79 Å². The Bertz CT molecular complexity index is 126. The fourth-order valence-corrected chi connectivity index (χ4v) is 0.426. The zero-order valence-electron chi connectivity index (χ0n) is 7.55. The van der Waals surface area contributed by atoms with Crippen molar-refractivity contribution in [3.05, 3.63) is 0 Å². The third kappa shape index (κ3) is 4.61. The van der Waals surface area contributed by atoms with Crippen LogP contribution in [-0.4, -0.2) is 31.8 Å². The van der Waals surface area contributed by atoms with Crippen LogP contribution in [0.2, 0.25) is 0 Å². The van der Waals surface area contributed by atoms with Crippen LogP contribution < -0.4 is 5.43 Å². The lowest BCUT2D eigenvalue weighted by molar-refractivity contribution is 0.0881. The van der Waals surface area contributed by atoms with Gasteiger partial charge in [-0.15, -0.1) is 0 Å². The Hall–Kier alpha value is -0.770. The third-order valence-corrected chi connectivity index (χ3v) is 1.15. The predicted octanol–water partition coefficient (Wildman–Crippen LogP) is 0.845. The number of hydrazine groups is 1.